The molecule has 0 atom stereocenters. The summed E-state index contributed by atoms with van der Waals surface area (Å²) in [4.78, 5) is 2.40. The Morgan fingerprint density at radius 3 is 1.89 bits per heavy atom. The predicted octanol–water partition coefficient (Wildman–Crippen LogP) is 14.3. The summed E-state index contributed by atoms with van der Waals surface area (Å²) in [5, 5.41) is 4.64. The van der Waals surface area contributed by atoms with E-state index in [1.165, 1.54) is 33.0 Å². The van der Waals surface area contributed by atoms with Crippen LogP contribution in [0, 0.1) is 0 Å². The highest BCUT2D eigenvalue weighted by molar-refractivity contribution is 6.11. The molecule has 0 unspecified atom stereocenters. The van der Waals surface area contributed by atoms with Crippen molar-refractivity contribution >= 4 is 49.8 Å². The first-order chi connectivity index (χ1) is 27.8. The zero-order chi connectivity index (χ0) is 36.8. The molecule has 1 spiro atoms. The molecular formula is C53H33NO2. The maximum absolute atomic E-state index is 6.77. The van der Waals surface area contributed by atoms with E-state index in [1.54, 1.807) is 0 Å². The lowest BCUT2D eigenvalue weighted by Gasteiger charge is -2.39. The van der Waals surface area contributed by atoms with Crippen LogP contribution in [0.4, 0.5) is 17.1 Å². The molecule has 10 aromatic rings. The van der Waals surface area contributed by atoms with Crippen molar-refractivity contribution in [1.82, 2.24) is 0 Å². The molecule has 1 aliphatic carbocycles. The fourth-order valence-electron chi connectivity index (χ4n) is 9.65. The van der Waals surface area contributed by atoms with Gasteiger partial charge >= 0.3 is 0 Å². The van der Waals surface area contributed by atoms with Crippen LogP contribution in [0.2, 0.25) is 0 Å². The summed E-state index contributed by atoms with van der Waals surface area (Å²) in [5.41, 5.74) is 13.8. The summed E-state index contributed by atoms with van der Waals surface area (Å²) in [7, 11) is 0. The van der Waals surface area contributed by atoms with Gasteiger partial charge in [-0.05, 0) is 81.1 Å². The normalized spacial score (nSPS) is 13.3. The highest BCUT2D eigenvalue weighted by atomic mass is 16.5. The van der Waals surface area contributed by atoms with Gasteiger partial charge in [-0.1, -0.05) is 158 Å². The fraction of sp³-hybridized carbons (Fsp3) is 0.0189. The number of para-hydroxylation sites is 5. The van der Waals surface area contributed by atoms with Gasteiger partial charge in [0.1, 0.15) is 17.1 Å². The first-order valence-electron chi connectivity index (χ1n) is 19.2. The molecule has 0 radical (unpaired) electrons. The highest BCUT2D eigenvalue weighted by Gasteiger charge is 2.51. The third-order valence-corrected chi connectivity index (χ3v) is 11.9. The molecule has 9 aromatic carbocycles. The number of ether oxygens (including phenoxy) is 1. The second-order valence-electron chi connectivity index (χ2n) is 14.8. The number of anilines is 3. The quantitative estimate of drug-likeness (QED) is 0.181. The Morgan fingerprint density at radius 1 is 0.411 bits per heavy atom. The van der Waals surface area contributed by atoms with Gasteiger partial charge < -0.3 is 14.1 Å². The van der Waals surface area contributed by atoms with E-state index in [9.17, 15) is 0 Å². The van der Waals surface area contributed by atoms with Crippen LogP contribution in [0.25, 0.3) is 55.0 Å². The molecule has 2 heterocycles. The molecule has 0 bridgehead atoms. The lowest BCUT2D eigenvalue weighted by atomic mass is 9.66. The number of hydrogen-bond acceptors (Lipinski definition) is 3. The average Bonchev–Trinajstić information content (AvgIpc) is 3.79. The number of fused-ring (bicyclic) bond motifs is 14. The summed E-state index contributed by atoms with van der Waals surface area (Å²) in [6, 6.07) is 71.9. The van der Waals surface area contributed by atoms with E-state index in [4.69, 9.17) is 9.15 Å². The van der Waals surface area contributed by atoms with Crippen LogP contribution in [0.3, 0.4) is 0 Å². The van der Waals surface area contributed by atoms with Gasteiger partial charge in [0.25, 0.3) is 0 Å². The van der Waals surface area contributed by atoms with E-state index in [2.05, 4.69) is 199 Å². The molecule has 3 nitrogen and oxygen atoms in total. The standard InChI is InChI=1S/C53H33NO2/c1-2-15-34(16-3-1)37-18-6-10-24-46(37)54(47-25-14-21-40-39-20-7-11-26-48(39)56-52(40)47)36-30-32-42-41(33-36)51-38-19-5-4-17-35(38)29-31-45(51)53(42)43-22-8-12-27-49(43)55-50-28-13-9-23-44(50)53/h1-33H. The minimum absolute atomic E-state index is 0.579. The van der Waals surface area contributed by atoms with Crippen LogP contribution < -0.4 is 9.64 Å². The number of nitrogens with zero attached hydrogens (tertiary/aromatic N) is 1. The Kier molecular flexibility index (Phi) is 6.55. The summed E-state index contributed by atoms with van der Waals surface area (Å²) in [5.74, 6) is 1.77. The zero-order valence-corrected chi connectivity index (χ0v) is 30.3. The summed E-state index contributed by atoms with van der Waals surface area (Å²) in [6.07, 6.45) is 0. The fourth-order valence-corrected chi connectivity index (χ4v) is 9.65. The van der Waals surface area contributed by atoms with Crippen molar-refractivity contribution in [3.63, 3.8) is 0 Å². The van der Waals surface area contributed by atoms with Crippen molar-refractivity contribution in [2.24, 2.45) is 0 Å². The molecule has 0 saturated heterocycles. The lowest BCUT2D eigenvalue weighted by molar-refractivity contribution is 0.436. The van der Waals surface area contributed by atoms with Crippen molar-refractivity contribution in [2.45, 2.75) is 5.41 Å². The highest BCUT2D eigenvalue weighted by Crippen LogP contribution is 2.63. The number of benzene rings is 9. The monoisotopic (exact) mass is 715 g/mol. The van der Waals surface area contributed by atoms with Gasteiger partial charge in [0, 0.05) is 33.2 Å². The second kappa shape index (κ2) is 11.8. The molecule has 0 N–H and O–H groups in total. The minimum Gasteiger partial charge on any atom is -0.457 e. The average molecular weight is 716 g/mol. The van der Waals surface area contributed by atoms with Crippen LogP contribution in [-0.2, 0) is 5.41 Å². The minimum atomic E-state index is -0.579. The van der Waals surface area contributed by atoms with Crippen LogP contribution in [-0.4, -0.2) is 0 Å². The zero-order valence-electron chi connectivity index (χ0n) is 30.3. The number of hydrogen-bond donors (Lipinski definition) is 0. The van der Waals surface area contributed by atoms with Crippen LogP contribution in [0.5, 0.6) is 11.5 Å². The molecule has 0 saturated carbocycles. The molecule has 0 fully saturated rings. The maximum atomic E-state index is 6.77. The van der Waals surface area contributed by atoms with E-state index in [0.29, 0.717) is 0 Å². The van der Waals surface area contributed by atoms with Gasteiger partial charge in [-0.25, -0.2) is 0 Å². The molecule has 262 valence electrons. The number of rotatable bonds is 4. The predicted molar refractivity (Wildman–Crippen MR) is 229 cm³/mol. The van der Waals surface area contributed by atoms with Crippen molar-refractivity contribution in [1.29, 1.82) is 0 Å². The SMILES string of the molecule is c1ccc(-c2ccccc2N(c2ccc3c(c2)-c2c(ccc4ccccc24)C32c3ccccc3Oc3ccccc32)c2cccc3c2oc2ccccc23)cc1. The third kappa shape index (κ3) is 4.22. The second-order valence-corrected chi connectivity index (χ2v) is 14.8. The number of furan rings is 1. The van der Waals surface area contributed by atoms with Gasteiger partial charge in [-0.2, -0.15) is 0 Å². The van der Waals surface area contributed by atoms with Gasteiger partial charge in [-0.15, -0.1) is 0 Å². The molecule has 0 amide bonds. The van der Waals surface area contributed by atoms with E-state index < -0.39 is 5.41 Å². The van der Waals surface area contributed by atoms with Crippen molar-refractivity contribution < 1.29 is 9.15 Å². The van der Waals surface area contributed by atoms with Gasteiger partial charge in [0.2, 0.25) is 0 Å². The van der Waals surface area contributed by atoms with E-state index in [-0.39, 0.29) is 0 Å². The summed E-state index contributed by atoms with van der Waals surface area (Å²) >= 11 is 0. The van der Waals surface area contributed by atoms with Crippen LogP contribution >= 0.6 is 0 Å². The van der Waals surface area contributed by atoms with E-state index >= 15 is 0 Å². The summed E-state index contributed by atoms with van der Waals surface area (Å²) < 4.78 is 13.4. The van der Waals surface area contributed by atoms with E-state index in [1.807, 2.05) is 6.07 Å². The molecule has 3 heteroatoms. The first-order valence-corrected chi connectivity index (χ1v) is 19.2. The Bertz CT molecular complexity index is 3150. The van der Waals surface area contributed by atoms with Gasteiger partial charge in [0.15, 0.2) is 5.58 Å². The Labute approximate surface area is 324 Å². The topological polar surface area (TPSA) is 25.6 Å². The molecular weight excluding hydrogens is 683 g/mol. The molecule has 56 heavy (non-hydrogen) atoms. The summed E-state index contributed by atoms with van der Waals surface area (Å²) in [6.45, 7) is 0. The largest absolute Gasteiger partial charge is 0.457 e. The van der Waals surface area contributed by atoms with Crippen LogP contribution in [0.1, 0.15) is 22.3 Å². The Balaban J connectivity index is 1.20. The first kappa shape index (κ1) is 31.0. The smallest absolute Gasteiger partial charge is 0.159 e. The molecule has 1 aliphatic heterocycles. The Morgan fingerprint density at radius 2 is 1.05 bits per heavy atom. The van der Waals surface area contributed by atoms with Crippen molar-refractivity contribution in [3.05, 3.63) is 222 Å². The third-order valence-electron chi connectivity index (χ3n) is 11.9. The van der Waals surface area contributed by atoms with E-state index in [0.717, 1.165) is 72.8 Å². The van der Waals surface area contributed by atoms with Gasteiger partial charge in [-0.3, -0.25) is 0 Å². The van der Waals surface area contributed by atoms with Crippen LogP contribution in [0.15, 0.2) is 205 Å². The van der Waals surface area contributed by atoms with Gasteiger partial charge in [0.05, 0.1) is 16.8 Å². The molecule has 2 aliphatic rings. The molecule has 12 rings (SSSR count). The maximum Gasteiger partial charge on any atom is 0.159 e. The Hall–Kier alpha value is -7.36. The van der Waals surface area contributed by atoms with Crippen molar-refractivity contribution in [2.75, 3.05) is 4.90 Å². The molecule has 1 aromatic heterocycles. The lowest BCUT2D eigenvalue weighted by Crippen LogP contribution is -2.32. The van der Waals surface area contributed by atoms with Crippen molar-refractivity contribution in [3.8, 4) is 33.8 Å².